The summed E-state index contributed by atoms with van der Waals surface area (Å²) in [5, 5.41) is 6.93. The summed E-state index contributed by atoms with van der Waals surface area (Å²) in [4.78, 5) is 16.4. The summed E-state index contributed by atoms with van der Waals surface area (Å²) in [7, 11) is 0. The number of benzene rings is 2. The number of aromatic nitrogens is 3. The Bertz CT molecular complexity index is 832. The van der Waals surface area contributed by atoms with E-state index in [1.54, 1.807) is 6.92 Å². The van der Waals surface area contributed by atoms with Crippen molar-refractivity contribution in [2.24, 2.45) is 0 Å². The van der Waals surface area contributed by atoms with Crippen molar-refractivity contribution in [3.63, 3.8) is 0 Å². The maximum absolute atomic E-state index is 12.5. The van der Waals surface area contributed by atoms with E-state index in [-0.39, 0.29) is 5.91 Å². The largest absolute Gasteiger partial charge is 0.487 e. The van der Waals surface area contributed by atoms with Crippen molar-refractivity contribution in [2.45, 2.75) is 26.5 Å². The van der Waals surface area contributed by atoms with Crippen molar-refractivity contribution >= 4 is 11.6 Å². The van der Waals surface area contributed by atoms with E-state index >= 15 is 0 Å². The third kappa shape index (κ3) is 4.23. The van der Waals surface area contributed by atoms with E-state index in [4.69, 9.17) is 4.74 Å². The number of carbonyl (C=O) groups excluding carboxylic acids is 1. The number of nitrogens with zero attached hydrogens (tertiary/aromatic N) is 3. The molecule has 3 aromatic rings. The molecule has 0 unspecified atom stereocenters. The number of hydrogen-bond acceptors (Lipinski definition) is 4. The monoisotopic (exact) mass is 336 g/mol. The van der Waals surface area contributed by atoms with Crippen LogP contribution in [0.25, 0.3) is 0 Å². The summed E-state index contributed by atoms with van der Waals surface area (Å²) in [5.41, 5.74) is 2.75. The smallest absolute Gasteiger partial charge is 0.249 e. The quantitative estimate of drug-likeness (QED) is 0.749. The minimum absolute atomic E-state index is 0.180. The highest BCUT2D eigenvalue weighted by Gasteiger charge is 2.17. The van der Waals surface area contributed by atoms with E-state index < -0.39 is 6.04 Å². The Hall–Kier alpha value is -3.15. The van der Waals surface area contributed by atoms with Crippen LogP contribution in [-0.4, -0.2) is 20.7 Å². The summed E-state index contributed by atoms with van der Waals surface area (Å²) >= 11 is 0. The number of aryl methyl sites for hydroxylation is 1. The van der Waals surface area contributed by atoms with Crippen LogP contribution in [-0.2, 0) is 11.4 Å². The Balaban J connectivity index is 1.73. The molecule has 1 aromatic heterocycles. The molecule has 1 atom stereocenters. The number of carbonyl (C=O) groups is 1. The first-order chi connectivity index (χ1) is 12.1. The van der Waals surface area contributed by atoms with Gasteiger partial charge in [0.05, 0.1) is 5.69 Å². The van der Waals surface area contributed by atoms with Crippen molar-refractivity contribution in [2.75, 3.05) is 5.32 Å². The molecule has 0 radical (unpaired) electrons. The predicted molar refractivity (Wildman–Crippen MR) is 95.3 cm³/mol. The van der Waals surface area contributed by atoms with E-state index in [0.29, 0.717) is 18.0 Å². The Morgan fingerprint density at radius 2 is 2.04 bits per heavy atom. The summed E-state index contributed by atoms with van der Waals surface area (Å²) < 4.78 is 7.41. The van der Waals surface area contributed by atoms with Crippen molar-refractivity contribution < 1.29 is 9.53 Å². The van der Waals surface area contributed by atoms with Gasteiger partial charge in [-0.3, -0.25) is 4.79 Å². The zero-order valence-electron chi connectivity index (χ0n) is 14.2. The van der Waals surface area contributed by atoms with Crippen LogP contribution >= 0.6 is 0 Å². The molecule has 6 nitrogen and oxygen atoms in total. The average molecular weight is 336 g/mol. The van der Waals surface area contributed by atoms with Gasteiger partial charge >= 0.3 is 0 Å². The minimum Gasteiger partial charge on any atom is -0.487 e. The third-order valence-electron chi connectivity index (χ3n) is 3.84. The maximum atomic E-state index is 12.5. The molecule has 128 valence electrons. The van der Waals surface area contributed by atoms with Crippen molar-refractivity contribution in [3.05, 3.63) is 72.3 Å². The molecule has 0 saturated carbocycles. The van der Waals surface area contributed by atoms with Gasteiger partial charge in [-0.05, 0) is 37.1 Å². The topological polar surface area (TPSA) is 69.0 Å². The lowest BCUT2D eigenvalue weighted by Crippen LogP contribution is -2.24. The van der Waals surface area contributed by atoms with Crippen LogP contribution in [0.15, 0.2) is 61.2 Å². The fraction of sp³-hybridized carbons (Fsp3) is 0.211. The predicted octanol–water partition coefficient (Wildman–Crippen LogP) is 3.37. The Kier molecular flexibility index (Phi) is 5.09. The number of hydrogen-bond donors (Lipinski definition) is 1. The molecule has 1 N–H and O–H groups in total. The molecule has 1 heterocycles. The SMILES string of the molecule is Cc1ccc(OCc2ccccc2)c(NC(=O)[C@@H](C)n2cncn2)c1. The van der Waals surface area contributed by atoms with Crippen LogP contribution in [0, 0.1) is 6.92 Å². The second-order valence-corrected chi connectivity index (χ2v) is 5.81. The third-order valence-corrected chi connectivity index (χ3v) is 3.84. The Labute approximate surface area is 146 Å². The zero-order chi connectivity index (χ0) is 17.6. The highest BCUT2D eigenvalue weighted by molar-refractivity contribution is 5.94. The van der Waals surface area contributed by atoms with E-state index in [9.17, 15) is 4.79 Å². The lowest BCUT2D eigenvalue weighted by molar-refractivity contribution is -0.119. The molecule has 1 amide bonds. The van der Waals surface area contributed by atoms with Crippen molar-refractivity contribution in [3.8, 4) is 5.75 Å². The molecule has 25 heavy (non-hydrogen) atoms. The number of amides is 1. The van der Waals surface area contributed by atoms with Gasteiger partial charge in [0, 0.05) is 0 Å². The molecule has 6 heteroatoms. The molecular formula is C19H20N4O2. The Morgan fingerprint density at radius 3 is 2.76 bits per heavy atom. The van der Waals surface area contributed by atoms with Gasteiger partial charge in [-0.25, -0.2) is 9.67 Å². The average Bonchev–Trinajstić information content (AvgIpc) is 3.16. The van der Waals surface area contributed by atoms with Gasteiger partial charge in [-0.15, -0.1) is 0 Å². The highest BCUT2D eigenvalue weighted by Crippen LogP contribution is 2.27. The molecule has 0 aliphatic heterocycles. The number of rotatable bonds is 6. The van der Waals surface area contributed by atoms with Crippen LogP contribution in [0.3, 0.4) is 0 Å². The number of anilines is 1. The second kappa shape index (κ2) is 7.61. The lowest BCUT2D eigenvalue weighted by atomic mass is 10.2. The molecule has 2 aromatic carbocycles. The van der Waals surface area contributed by atoms with Crippen LogP contribution in [0.5, 0.6) is 5.75 Å². The van der Waals surface area contributed by atoms with Gasteiger partial charge in [-0.2, -0.15) is 5.10 Å². The van der Waals surface area contributed by atoms with Crippen molar-refractivity contribution in [1.29, 1.82) is 0 Å². The van der Waals surface area contributed by atoms with E-state index in [0.717, 1.165) is 11.1 Å². The van der Waals surface area contributed by atoms with E-state index in [1.165, 1.54) is 17.3 Å². The lowest BCUT2D eigenvalue weighted by Gasteiger charge is -2.16. The fourth-order valence-electron chi connectivity index (χ4n) is 2.38. The second-order valence-electron chi connectivity index (χ2n) is 5.81. The molecule has 0 fully saturated rings. The first-order valence-electron chi connectivity index (χ1n) is 8.06. The zero-order valence-corrected chi connectivity index (χ0v) is 14.2. The van der Waals surface area contributed by atoms with Crippen LogP contribution in [0.4, 0.5) is 5.69 Å². The highest BCUT2D eigenvalue weighted by atomic mass is 16.5. The molecule has 0 bridgehead atoms. The van der Waals surface area contributed by atoms with Gasteiger partial charge < -0.3 is 10.1 Å². The van der Waals surface area contributed by atoms with Gasteiger partial charge in [0.1, 0.15) is 31.1 Å². The summed E-state index contributed by atoms with van der Waals surface area (Å²) in [6.45, 7) is 4.17. The fourth-order valence-corrected chi connectivity index (χ4v) is 2.38. The van der Waals surface area contributed by atoms with Crippen LogP contribution < -0.4 is 10.1 Å². The minimum atomic E-state index is -0.468. The number of nitrogens with one attached hydrogen (secondary N) is 1. The molecule has 0 aliphatic rings. The first-order valence-corrected chi connectivity index (χ1v) is 8.06. The molecule has 3 rings (SSSR count). The van der Waals surface area contributed by atoms with Gasteiger partial charge in [0.25, 0.3) is 0 Å². The summed E-state index contributed by atoms with van der Waals surface area (Å²) in [6.07, 6.45) is 2.93. The van der Waals surface area contributed by atoms with Crippen LogP contribution in [0.2, 0.25) is 0 Å². The van der Waals surface area contributed by atoms with E-state index in [2.05, 4.69) is 15.4 Å². The Morgan fingerprint density at radius 1 is 1.24 bits per heavy atom. The van der Waals surface area contributed by atoms with Crippen LogP contribution in [0.1, 0.15) is 24.1 Å². The normalized spacial score (nSPS) is 11.8. The van der Waals surface area contributed by atoms with Gasteiger partial charge in [-0.1, -0.05) is 36.4 Å². The van der Waals surface area contributed by atoms with Gasteiger partial charge in [0.15, 0.2) is 0 Å². The number of ether oxygens (including phenoxy) is 1. The van der Waals surface area contributed by atoms with Crippen molar-refractivity contribution in [1.82, 2.24) is 14.8 Å². The molecule has 0 spiro atoms. The standard InChI is InChI=1S/C19H20N4O2/c1-14-8-9-18(25-11-16-6-4-3-5-7-16)17(10-14)22-19(24)15(2)23-13-20-12-21-23/h3-10,12-13,15H,11H2,1-2H3,(H,22,24)/t15-/m1/s1. The molecule has 0 aliphatic carbocycles. The maximum Gasteiger partial charge on any atom is 0.249 e. The molecular weight excluding hydrogens is 316 g/mol. The van der Waals surface area contributed by atoms with E-state index in [1.807, 2.05) is 55.5 Å². The summed E-state index contributed by atoms with van der Waals surface area (Å²) in [6, 6.07) is 15.2. The summed E-state index contributed by atoms with van der Waals surface area (Å²) in [5.74, 6) is 0.453. The van der Waals surface area contributed by atoms with Gasteiger partial charge in [0.2, 0.25) is 5.91 Å². The molecule has 0 saturated heterocycles. The first kappa shape index (κ1) is 16.7.